The van der Waals surface area contributed by atoms with Crippen molar-refractivity contribution in [3.05, 3.63) is 24.3 Å². The third kappa shape index (κ3) is 13.5. The van der Waals surface area contributed by atoms with Gasteiger partial charge in [-0.05, 0) is 32.1 Å². The molecule has 0 aliphatic carbocycles. The Bertz CT molecular complexity index is 206. The number of aliphatic hydroxyl groups is 1. The molecule has 0 saturated heterocycles. The van der Waals surface area contributed by atoms with Crippen molar-refractivity contribution in [2.24, 2.45) is 0 Å². The predicted molar refractivity (Wildman–Crippen MR) is 81.8 cm³/mol. The SMILES string of the molecule is CCCC/C=C\CCC/C=C/C(O)CCCCC. The molecule has 0 aliphatic heterocycles. The fraction of sp³-hybridized carbons (Fsp3) is 0.765. The lowest BCUT2D eigenvalue weighted by Gasteiger charge is -2.03. The average Bonchev–Trinajstić information content (AvgIpc) is 2.37. The molecule has 0 aliphatic rings. The van der Waals surface area contributed by atoms with E-state index in [4.69, 9.17) is 0 Å². The number of aliphatic hydroxyl groups excluding tert-OH is 1. The molecule has 1 nitrogen and oxygen atoms in total. The average molecular weight is 252 g/mol. The molecule has 0 rings (SSSR count). The molecular weight excluding hydrogens is 220 g/mol. The molecule has 0 aromatic heterocycles. The maximum absolute atomic E-state index is 9.67. The highest BCUT2D eigenvalue weighted by Gasteiger charge is 1.97. The summed E-state index contributed by atoms with van der Waals surface area (Å²) in [7, 11) is 0. The van der Waals surface area contributed by atoms with E-state index in [1.165, 1.54) is 44.9 Å². The van der Waals surface area contributed by atoms with Crippen LogP contribution in [0, 0.1) is 0 Å². The first-order valence-corrected chi connectivity index (χ1v) is 7.81. The van der Waals surface area contributed by atoms with Crippen molar-refractivity contribution in [2.75, 3.05) is 0 Å². The molecule has 0 saturated carbocycles. The van der Waals surface area contributed by atoms with E-state index in [-0.39, 0.29) is 6.10 Å². The molecule has 0 heterocycles. The van der Waals surface area contributed by atoms with Crippen LogP contribution in [0.3, 0.4) is 0 Å². The van der Waals surface area contributed by atoms with Gasteiger partial charge in [-0.1, -0.05) is 70.3 Å². The van der Waals surface area contributed by atoms with Crippen LogP contribution in [0.1, 0.15) is 78.1 Å². The largest absolute Gasteiger partial charge is 0.389 e. The molecule has 1 atom stereocenters. The van der Waals surface area contributed by atoms with Crippen molar-refractivity contribution in [3.8, 4) is 0 Å². The number of rotatable bonds is 12. The number of hydrogen-bond donors (Lipinski definition) is 1. The zero-order valence-corrected chi connectivity index (χ0v) is 12.4. The van der Waals surface area contributed by atoms with Gasteiger partial charge in [-0.3, -0.25) is 0 Å². The fourth-order valence-electron chi connectivity index (χ4n) is 1.86. The lowest BCUT2D eigenvalue weighted by Crippen LogP contribution is -2.01. The van der Waals surface area contributed by atoms with E-state index < -0.39 is 0 Å². The molecule has 18 heavy (non-hydrogen) atoms. The molecule has 1 unspecified atom stereocenters. The molecular formula is C17H32O. The van der Waals surface area contributed by atoms with E-state index >= 15 is 0 Å². The molecule has 0 fully saturated rings. The number of unbranched alkanes of at least 4 members (excludes halogenated alkanes) is 6. The van der Waals surface area contributed by atoms with Crippen LogP contribution in [0.4, 0.5) is 0 Å². The summed E-state index contributed by atoms with van der Waals surface area (Å²) >= 11 is 0. The smallest absolute Gasteiger partial charge is 0.0720 e. The van der Waals surface area contributed by atoms with Gasteiger partial charge in [0.25, 0.3) is 0 Å². The van der Waals surface area contributed by atoms with Crippen LogP contribution in [-0.2, 0) is 0 Å². The Morgan fingerprint density at radius 1 is 0.778 bits per heavy atom. The van der Waals surface area contributed by atoms with Gasteiger partial charge in [0.05, 0.1) is 6.10 Å². The van der Waals surface area contributed by atoms with E-state index in [2.05, 4.69) is 32.1 Å². The Labute approximate surface area is 114 Å². The van der Waals surface area contributed by atoms with Gasteiger partial charge in [0.2, 0.25) is 0 Å². The highest BCUT2D eigenvalue weighted by atomic mass is 16.3. The number of allylic oxidation sites excluding steroid dienone is 3. The first-order chi connectivity index (χ1) is 8.81. The van der Waals surface area contributed by atoms with Gasteiger partial charge in [0, 0.05) is 0 Å². The zero-order chi connectivity index (χ0) is 13.5. The van der Waals surface area contributed by atoms with E-state index in [1.807, 2.05) is 6.08 Å². The quantitative estimate of drug-likeness (QED) is 0.364. The molecule has 0 amide bonds. The van der Waals surface area contributed by atoms with Crippen LogP contribution >= 0.6 is 0 Å². The monoisotopic (exact) mass is 252 g/mol. The van der Waals surface area contributed by atoms with Crippen LogP contribution in [-0.4, -0.2) is 11.2 Å². The Hall–Kier alpha value is -0.560. The zero-order valence-electron chi connectivity index (χ0n) is 12.4. The lowest BCUT2D eigenvalue weighted by molar-refractivity contribution is 0.208. The first-order valence-electron chi connectivity index (χ1n) is 7.81. The predicted octanol–water partition coefficient (Wildman–Crippen LogP) is 5.40. The standard InChI is InChI=1S/C17H32O/c1-3-5-7-8-9-10-11-12-14-16-17(18)15-13-6-4-2/h8-9,14,16-18H,3-7,10-13,15H2,1-2H3/b9-8-,16-14+. The van der Waals surface area contributed by atoms with Gasteiger partial charge in [-0.15, -0.1) is 0 Å². The maximum Gasteiger partial charge on any atom is 0.0720 e. The minimum absolute atomic E-state index is 0.225. The van der Waals surface area contributed by atoms with Crippen molar-refractivity contribution in [1.29, 1.82) is 0 Å². The van der Waals surface area contributed by atoms with Gasteiger partial charge in [-0.2, -0.15) is 0 Å². The van der Waals surface area contributed by atoms with Crippen LogP contribution < -0.4 is 0 Å². The molecule has 0 aromatic rings. The third-order valence-corrected chi connectivity index (χ3v) is 3.09. The second kappa shape index (κ2) is 14.5. The van der Waals surface area contributed by atoms with Gasteiger partial charge < -0.3 is 5.11 Å². The number of hydrogen-bond acceptors (Lipinski definition) is 1. The molecule has 0 bridgehead atoms. The fourth-order valence-corrected chi connectivity index (χ4v) is 1.86. The minimum Gasteiger partial charge on any atom is -0.389 e. The summed E-state index contributed by atoms with van der Waals surface area (Å²) in [5.74, 6) is 0. The first kappa shape index (κ1) is 17.4. The summed E-state index contributed by atoms with van der Waals surface area (Å²) < 4.78 is 0. The Balaban J connectivity index is 3.33. The summed E-state index contributed by atoms with van der Waals surface area (Å²) in [5.41, 5.74) is 0. The Morgan fingerprint density at radius 3 is 2.06 bits per heavy atom. The maximum atomic E-state index is 9.67. The highest BCUT2D eigenvalue weighted by molar-refractivity contribution is 4.89. The minimum atomic E-state index is -0.225. The van der Waals surface area contributed by atoms with Crippen molar-refractivity contribution < 1.29 is 5.11 Å². The highest BCUT2D eigenvalue weighted by Crippen LogP contribution is 2.06. The summed E-state index contributed by atoms with van der Waals surface area (Å²) in [4.78, 5) is 0. The van der Waals surface area contributed by atoms with Crippen LogP contribution in [0.5, 0.6) is 0 Å². The molecule has 106 valence electrons. The Morgan fingerprint density at radius 2 is 1.39 bits per heavy atom. The van der Waals surface area contributed by atoms with Gasteiger partial charge in [0.15, 0.2) is 0 Å². The molecule has 1 heteroatoms. The van der Waals surface area contributed by atoms with Gasteiger partial charge in [-0.25, -0.2) is 0 Å². The lowest BCUT2D eigenvalue weighted by atomic mass is 10.1. The topological polar surface area (TPSA) is 20.2 Å². The van der Waals surface area contributed by atoms with Crippen molar-refractivity contribution in [2.45, 2.75) is 84.2 Å². The summed E-state index contributed by atoms with van der Waals surface area (Å²) in [6.45, 7) is 4.42. The Kier molecular flexibility index (Phi) is 14.0. The van der Waals surface area contributed by atoms with E-state index in [0.29, 0.717) is 0 Å². The van der Waals surface area contributed by atoms with E-state index in [0.717, 1.165) is 19.3 Å². The molecule has 0 aromatic carbocycles. The van der Waals surface area contributed by atoms with Crippen LogP contribution in [0.15, 0.2) is 24.3 Å². The molecule has 0 radical (unpaired) electrons. The molecule has 0 spiro atoms. The van der Waals surface area contributed by atoms with Gasteiger partial charge in [0.1, 0.15) is 0 Å². The van der Waals surface area contributed by atoms with Gasteiger partial charge >= 0.3 is 0 Å². The summed E-state index contributed by atoms with van der Waals surface area (Å²) in [6, 6.07) is 0. The van der Waals surface area contributed by atoms with Crippen molar-refractivity contribution >= 4 is 0 Å². The second-order valence-corrected chi connectivity index (χ2v) is 5.04. The van der Waals surface area contributed by atoms with Crippen LogP contribution in [0.25, 0.3) is 0 Å². The third-order valence-electron chi connectivity index (χ3n) is 3.09. The van der Waals surface area contributed by atoms with E-state index in [1.54, 1.807) is 0 Å². The normalized spacial score (nSPS) is 13.7. The molecule has 1 N–H and O–H groups in total. The van der Waals surface area contributed by atoms with E-state index in [9.17, 15) is 5.11 Å². The summed E-state index contributed by atoms with van der Waals surface area (Å²) in [5, 5.41) is 9.67. The van der Waals surface area contributed by atoms with Crippen LogP contribution in [0.2, 0.25) is 0 Å². The summed E-state index contributed by atoms with van der Waals surface area (Å²) in [6.07, 6.45) is 20.2. The second-order valence-electron chi connectivity index (χ2n) is 5.04. The van der Waals surface area contributed by atoms with Crippen molar-refractivity contribution in [3.63, 3.8) is 0 Å². The van der Waals surface area contributed by atoms with Crippen molar-refractivity contribution in [1.82, 2.24) is 0 Å².